The quantitative estimate of drug-likeness (QED) is 0.473. The number of aromatic nitrogens is 1. The molecular formula is C17H10NS. The average molecular weight is 260 g/mol. The maximum Gasteiger partial charge on any atom is 0.0708 e. The van der Waals surface area contributed by atoms with Crippen molar-refractivity contribution < 1.29 is 0 Å². The van der Waals surface area contributed by atoms with Crippen LogP contribution < -0.4 is 0 Å². The van der Waals surface area contributed by atoms with Crippen molar-refractivity contribution in [2.24, 2.45) is 0 Å². The molecular weight excluding hydrogens is 250 g/mol. The normalized spacial score (nSPS) is 11.2. The highest BCUT2D eigenvalue weighted by atomic mass is 32.1. The molecule has 19 heavy (non-hydrogen) atoms. The van der Waals surface area contributed by atoms with Gasteiger partial charge in [-0.1, -0.05) is 30.3 Å². The second kappa shape index (κ2) is 4.18. The van der Waals surface area contributed by atoms with Gasteiger partial charge in [0.2, 0.25) is 0 Å². The van der Waals surface area contributed by atoms with Crippen LogP contribution in [-0.4, -0.2) is 4.98 Å². The first kappa shape index (κ1) is 10.7. The van der Waals surface area contributed by atoms with Crippen LogP contribution in [0.1, 0.15) is 0 Å². The summed E-state index contributed by atoms with van der Waals surface area (Å²) < 4.78 is 2.58. The number of fused-ring (bicyclic) bond motifs is 3. The zero-order valence-corrected chi connectivity index (χ0v) is 10.9. The summed E-state index contributed by atoms with van der Waals surface area (Å²) >= 11 is 1.81. The van der Waals surface area contributed by atoms with E-state index < -0.39 is 0 Å². The minimum absolute atomic E-state index is 1.03. The third-order valence-corrected chi connectivity index (χ3v) is 4.40. The van der Waals surface area contributed by atoms with Crippen molar-refractivity contribution in [3.05, 3.63) is 66.9 Å². The van der Waals surface area contributed by atoms with Crippen LogP contribution in [0.5, 0.6) is 0 Å². The number of hydrogen-bond acceptors (Lipinski definition) is 2. The van der Waals surface area contributed by atoms with Gasteiger partial charge in [0.25, 0.3) is 0 Å². The van der Waals surface area contributed by atoms with E-state index in [4.69, 9.17) is 0 Å². The van der Waals surface area contributed by atoms with Crippen LogP contribution in [0.2, 0.25) is 0 Å². The Balaban J connectivity index is 2.17. The lowest BCUT2D eigenvalue weighted by atomic mass is 10.0. The van der Waals surface area contributed by atoms with E-state index in [-0.39, 0.29) is 0 Å². The molecule has 0 spiro atoms. The fourth-order valence-electron chi connectivity index (χ4n) is 2.45. The molecule has 0 unspecified atom stereocenters. The number of pyridine rings is 1. The molecule has 0 amide bonds. The van der Waals surface area contributed by atoms with Gasteiger partial charge < -0.3 is 0 Å². The first-order chi connectivity index (χ1) is 9.43. The summed E-state index contributed by atoms with van der Waals surface area (Å²) in [6, 6.07) is 21.8. The number of rotatable bonds is 1. The van der Waals surface area contributed by atoms with Gasteiger partial charge in [0.05, 0.1) is 5.69 Å². The maximum atomic E-state index is 4.48. The summed E-state index contributed by atoms with van der Waals surface area (Å²) in [5, 5.41) is 2.59. The SMILES string of the molecule is [c]1ccc2c(c1)sc1cccc(-c3ccccn3)c12. The Morgan fingerprint density at radius 1 is 0.947 bits per heavy atom. The van der Waals surface area contributed by atoms with Crippen molar-refractivity contribution in [3.63, 3.8) is 0 Å². The van der Waals surface area contributed by atoms with Crippen LogP contribution in [0.15, 0.2) is 60.8 Å². The van der Waals surface area contributed by atoms with Crippen LogP contribution in [0.3, 0.4) is 0 Å². The number of hydrogen-bond donors (Lipinski definition) is 0. The van der Waals surface area contributed by atoms with Crippen LogP contribution in [0, 0.1) is 6.07 Å². The number of benzene rings is 2. The Bertz CT molecular complexity index is 862. The van der Waals surface area contributed by atoms with E-state index >= 15 is 0 Å². The molecule has 2 aromatic heterocycles. The largest absolute Gasteiger partial charge is 0.256 e. The minimum Gasteiger partial charge on any atom is -0.256 e. The highest BCUT2D eigenvalue weighted by Crippen LogP contribution is 2.38. The summed E-state index contributed by atoms with van der Waals surface area (Å²) in [5.41, 5.74) is 2.23. The Kier molecular flexibility index (Phi) is 2.35. The molecule has 2 heteroatoms. The van der Waals surface area contributed by atoms with E-state index in [2.05, 4.69) is 47.4 Å². The van der Waals surface area contributed by atoms with Crippen molar-refractivity contribution in [1.82, 2.24) is 4.98 Å². The first-order valence-corrected chi connectivity index (χ1v) is 6.98. The van der Waals surface area contributed by atoms with Gasteiger partial charge in [-0.2, -0.15) is 0 Å². The molecule has 0 aliphatic heterocycles. The molecule has 0 fully saturated rings. The summed E-state index contributed by atoms with van der Waals surface area (Å²) in [4.78, 5) is 4.48. The molecule has 1 radical (unpaired) electrons. The molecule has 0 aliphatic rings. The number of nitrogens with zero attached hydrogens (tertiary/aromatic N) is 1. The van der Waals surface area contributed by atoms with Gasteiger partial charge in [-0.15, -0.1) is 11.3 Å². The van der Waals surface area contributed by atoms with Crippen LogP contribution in [-0.2, 0) is 0 Å². The topological polar surface area (TPSA) is 12.9 Å². The second-order valence-electron chi connectivity index (χ2n) is 4.42. The third kappa shape index (κ3) is 1.65. The fraction of sp³-hybridized carbons (Fsp3) is 0. The van der Waals surface area contributed by atoms with E-state index in [0.717, 1.165) is 5.69 Å². The summed E-state index contributed by atoms with van der Waals surface area (Å²) in [6.45, 7) is 0. The summed E-state index contributed by atoms with van der Waals surface area (Å²) in [6.07, 6.45) is 1.84. The Labute approximate surface area is 115 Å². The minimum atomic E-state index is 1.03. The summed E-state index contributed by atoms with van der Waals surface area (Å²) in [7, 11) is 0. The van der Waals surface area contributed by atoms with E-state index in [0.29, 0.717) is 0 Å². The monoisotopic (exact) mass is 260 g/mol. The van der Waals surface area contributed by atoms with Gasteiger partial charge >= 0.3 is 0 Å². The zero-order chi connectivity index (χ0) is 12.7. The van der Waals surface area contributed by atoms with E-state index in [9.17, 15) is 0 Å². The molecule has 0 saturated heterocycles. The van der Waals surface area contributed by atoms with Crippen LogP contribution >= 0.6 is 11.3 Å². The van der Waals surface area contributed by atoms with Crippen molar-refractivity contribution in [2.75, 3.05) is 0 Å². The van der Waals surface area contributed by atoms with E-state index in [1.807, 2.05) is 35.7 Å². The maximum absolute atomic E-state index is 4.48. The molecule has 2 aromatic carbocycles. The molecule has 1 nitrogen and oxygen atoms in total. The van der Waals surface area contributed by atoms with Gasteiger partial charge in [-0.3, -0.25) is 4.98 Å². The molecule has 4 rings (SSSR count). The Hall–Kier alpha value is -2.19. The van der Waals surface area contributed by atoms with Gasteiger partial charge in [0.15, 0.2) is 0 Å². The Morgan fingerprint density at radius 3 is 2.84 bits per heavy atom. The van der Waals surface area contributed by atoms with Crippen molar-refractivity contribution in [1.29, 1.82) is 0 Å². The predicted molar refractivity (Wildman–Crippen MR) is 81.4 cm³/mol. The highest BCUT2D eigenvalue weighted by Gasteiger charge is 2.10. The van der Waals surface area contributed by atoms with Crippen molar-refractivity contribution in [3.8, 4) is 11.3 Å². The lowest BCUT2D eigenvalue weighted by Gasteiger charge is -2.03. The van der Waals surface area contributed by atoms with E-state index in [1.54, 1.807) is 0 Å². The molecule has 0 N–H and O–H groups in total. The van der Waals surface area contributed by atoms with Crippen molar-refractivity contribution >= 4 is 31.5 Å². The van der Waals surface area contributed by atoms with Crippen LogP contribution in [0.4, 0.5) is 0 Å². The standard InChI is InChI=1S/C17H10NS/c1-2-9-15-13(6-1)17-12(7-5-10-16(17)19-15)14-8-3-4-11-18-14/h1,3-11H. The predicted octanol–water partition coefficient (Wildman–Crippen LogP) is 4.92. The molecule has 89 valence electrons. The summed E-state index contributed by atoms with van der Waals surface area (Å²) in [5.74, 6) is 0. The zero-order valence-electron chi connectivity index (χ0n) is 10.1. The van der Waals surface area contributed by atoms with Gasteiger partial charge in [0, 0.05) is 31.9 Å². The molecule has 0 bridgehead atoms. The molecule has 0 atom stereocenters. The third-order valence-electron chi connectivity index (χ3n) is 3.28. The lowest BCUT2D eigenvalue weighted by Crippen LogP contribution is -1.82. The smallest absolute Gasteiger partial charge is 0.0708 e. The molecule has 2 heterocycles. The number of thiophene rings is 1. The first-order valence-electron chi connectivity index (χ1n) is 6.16. The van der Waals surface area contributed by atoms with Crippen molar-refractivity contribution in [2.45, 2.75) is 0 Å². The Morgan fingerprint density at radius 2 is 1.95 bits per heavy atom. The van der Waals surface area contributed by atoms with Gasteiger partial charge in [0.1, 0.15) is 0 Å². The van der Waals surface area contributed by atoms with Crippen LogP contribution in [0.25, 0.3) is 31.4 Å². The van der Waals surface area contributed by atoms with Gasteiger partial charge in [-0.05, 0) is 30.3 Å². The second-order valence-corrected chi connectivity index (χ2v) is 5.50. The highest BCUT2D eigenvalue weighted by molar-refractivity contribution is 7.25. The fourth-order valence-corrected chi connectivity index (χ4v) is 3.57. The molecule has 0 saturated carbocycles. The average Bonchev–Trinajstić information content (AvgIpc) is 2.86. The van der Waals surface area contributed by atoms with E-state index in [1.165, 1.54) is 25.7 Å². The molecule has 0 aliphatic carbocycles. The van der Waals surface area contributed by atoms with Gasteiger partial charge in [-0.25, -0.2) is 0 Å². The molecule has 4 aromatic rings. The lowest BCUT2D eigenvalue weighted by molar-refractivity contribution is 1.33.